The van der Waals surface area contributed by atoms with Gasteiger partial charge in [-0.1, -0.05) is 6.92 Å². The first-order chi connectivity index (χ1) is 3.06. The summed E-state index contributed by atoms with van der Waals surface area (Å²) in [5.74, 6) is 9.61. The maximum absolute atomic E-state index is 10.2. The van der Waals surface area contributed by atoms with E-state index in [1.165, 1.54) is 0 Å². The molecule has 0 rings (SSSR count). The Morgan fingerprint density at radius 1 is 1.57 bits per heavy atom. The quantitative estimate of drug-likeness (QED) is 0.281. The van der Waals surface area contributed by atoms with Gasteiger partial charge in [0.25, 0.3) is 0 Å². The highest BCUT2D eigenvalue weighted by molar-refractivity contribution is 4.22. The van der Waals surface area contributed by atoms with E-state index in [0.717, 1.165) is 6.42 Å². The normalized spacial score (nSPS) is 12.0. The number of hydrogen-bond acceptors (Lipinski definition) is 3. The summed E-state index contributed by atoms with van der Waals surface area (Å²) in [6, 6.07) is 0. The van der Waals surface area contributed by atoms with Gasteiger partial charge in [0, 0.05) is 0 Å². The molecule has 0 atom stereocenters. The minimum Gasteiger partial charge on any atom is -0.592 e. The van der Waals surface area contributed by atoms with Crippen molar-refractivity contribution in [3.63, 3.8) is 0 Å². The van der Waals surface area contributed by atoms with Crippen molar-refractivity contribution >= 4 is 0 Å². The van der Waals surface area contributed by atoms with Crippen LogP contribution in [0.4, 0.5) is 0 Å². The van der Waals surface area contributed by atoms with E-state index in [1.807, 2.05) is 6.92 Å². The molecule has 4 heteroatoms. The molecule has 0 spiro atoms. The predicted octanol–water partition coefficient (Wildman–Crippen LogP) is -0.542. The van der Waals surface area contributed by atoms with Gasteiger partial charge >= 0.3 is 0 Å². The van der Waals surface area contributed by atoms with Crippen molar-refractivity contribution in [3.05, 3.63) is 5.21 Å². The molecule has 4 N–H and O–H groups in total. The fourth-order valence-electron chi connectivity index (χ4n) is 0.349. The molecule has 0 aliphatic carbocycles. The van der Waals surface area contributed by atoms with E-state index in [0.29, 0.717) is 0 Å². The molecule has 4 nitrogen and oxygen atoms in total. The molecule has 0 bridgehead atoms. The van der Waals surface area contributed by atoms with Crippen molar-refractivity contribution in [2.24, 2.45) is 11.7 Å². The van der Waals surface area contributed by atoms with Crippen LogP contribution in [0.5, 0.6) is 0 Å². The van der Waals surface area contributed by atoms with Crippen LogP contribution in [0.1, 0.15) is 13.3 Å². The first-order valence-corrected chi connectivity index (χ1v) is 2.22. The number of hydrogen-bond donors (Lipinski definition) is 2. The molecule has 0 saturated heterocycles. The van der Waals surface area contributed by atoms with E-state index < -0.39 is 4.86 Å². The van der Waals surface area contributed by atoms with Crippen LogP contribution in [0, 0.1) is 5.21 Å². The lowest BCUT2D eigenvalue weighted by Gasteiger charge is -2.28. The van der Waals surface area contributed by atoms with Gasteiger partial charge in [-0.15, -0.1) is 0 Å². The first kappa shape index (κ1) is 6.84. The molecule has 0 aromatic carbocycles. The Hall–Kier alpha value is -0.160. The second kappa shape index (κ2) is 2.23. The van der Waals surface area contributed by atoms with Gasteiger partial charge in [0.2, 0.25) is 0 Å². The number of hydroxylamine groups is 1. The molecule has 0 fully saturated rings. The Morgan fingerprint density at radius 2 is 2.00 bits per heavy atom. The molecule has 0 radical (unpaired) electrons. The molecule has 0 aromatic heterocycles. The van der Waals surface area contributed by atoms with Gasteiger partial charge in [0.15, 0.2) is 0 Å². The van der Waals surface area contributed by atoms with Crippen LogP contribution in [0.25, 0.3) is 0 Å². The lowest BCUT2D eigenvalue weighted by Crippen LogP contribution is -2.55. The van der Waals surface area contributed by atoms with Crippen molar-refractivity contribution in [2.45, 2.75) is 13.3 Å². The fourth-order valence-corrected chi connectivity index (χ4v) is 0.349. The van der Waals surface area contributed by atoms with Crippen LogP contribution in [-0.4, -0.2) is 11.4 Å². The summed E-state index contributed by atoms with van der Waals surface area (Å²) >= 11 is 0. The van der Waals surface area contributed by atoms with Crippen LogP contribution in [-0.2, 0) is 0 Å². The highest BCUT2D eigenvalue weighted by Gasteiger charge is 1.97. The van der Waals surface area contributed by atoms with Crippen molar-refractivity contribution in [1.82, 2.24) is 0 Å². The Morgan fingerprint density at radius 3 is 2.00 bits per heavy atom. The standard InChI is InChI=1S/C3H11N3O/c1-2-3-6(4,5)7/h2-5H2,1H3. The second-order valence-electron chi connectivity index (χ2n) is 1.58. The number of nitrogens with zero attached hydrogens (tertiary/aromatic N) is 1. The minimum absolute atomic E-state index is 0.278. The Kier molecular flexibility index (Phi) is 2.17. The van der Waals surface area contributed by atoms with E-state index in [1.54, 1.807) is 0 Å². The predicted molar refractivity (Wildman–Crippen MR) is 27.2 cm³/mol. The molecule has 0 heterocycles. The van der Waals surface area contributed by atoms with Crippen molar-refractivity contribution in [2.75, 3.05) is 6.54 Å². The largest absolute Gasteiger partial charge is 0.592 e. The summed E-state index contributed by atoms with van der Waals surface area (Å²) in [7, 11) is 0. The first-order valence-electron chi connectivity index (χ1n) is 2.22. The summed E-state index contributed by atoms with van der Waals surface area (Å²) in [5, 5.41) is 10.2. The molecule has 0 aliphatic rings. The number of quaternary nitrogens is 1. The van der Waals surface area contributed by atoms with Crippen LogP contribution in [0.2, 0.25) is 0 Å². The zero-order valence-electron chi connectivity index (χ0n) is 4.42. The molecule has 7 heavy (non-hydrogen) atoms. The summed E-state index contributed by atoms with van der Waals surface area (Å²) in [6.45, 7) is 2.13. The molecular weight excluding hydrogens is 94.1 g/mol. The SMILES string of the molecule is CCC[N+](N)(N)[O-]. The Bertz CT molecular complexity index is 48.6. The van der Waals surface area contributed by atoms with E-state index >= 15 is 0 Å². The fraction of sp³-hybridized carbons (Fsp3) is 1.00. The Labute approximate surface area is 42.8 Å². The summed E-state index contributed by atoms with van der Waals surface area (Å²) in [4.78, 5) is -1.16. The molecule has 0 amide bonds. The molecule has 44 valence electrons. The molecule has 0 unspecified atom stereocenters. The van der Waals surface area contributed by atoms with Gasteiger partial charge in [0.05, 0.1) is 0 Å². The van der Waals surface area contributed by atoms with E-state index in [4.69, 9.17) is 11.7 Å². The average molecular weight is 105 g/mol. The topological polar surface area (TPSA) is 75.1 Å². The van der Waals surface area contributed by atoms with Gasteiger partial charge in [0.1, 0.15) is 6.54 Å². The third kappa shape index (κ3) is 5.84. The summed E-state index contributed by atoms with van der Waals surface area (Å²) in [6.07, 6.45) is 0.719. The Balaban J connectivity index is 3.15. The van der Waals surface area contributed by atoms with Crippen LogP contribution >= 0.6 is 0 Å². The molecule has 0 saturated carbocycles. The number of nitrogens with two attached hydrogens (primary N) is 2. The van der Waals surface area contributed by atoms with E-state index in [9.17, 15) is 5.21 Å². The highest BCUT2D eigenvalue weighted by atomic mass is 16.6. The van der Waals surface area contributed by atoms with Crippen LogP contribution in [0.15, 0.2) is 0 Å². The van der Waals surface area contributed by atoms with Crippen molar-refractivity contribution in [3.8, 4) is 0 Å². The van der Waals surface area contributed by atoms with E-state index in [-0.39, 0.29) is 6.54 Å². The van der Waals surface area contributed by atoms with Crippen LogP contribution in [0.3, 0.4) is 0 Å². The van der Waals surface area contributed by atoms with Crippen molar-refractivity contribution < 1.29 is 4.86 Å². The summed E-state index contributed by atoms with van der Waals surface area (Å²) in [5.41, 5.74) is 0. The third-order valence-electron chi connectivity index (χ3n) is 0.573. The zero-order chi connectivity index (χ0) is 5.91. The maximum Gasteiger partial charge on any atom is 0.114 e. The van der Waals surface area contributed by atoms with Gasteiger partial charge in [-0.3, -0.25) is 0 Å². The number of rotatable bonds is 2. The van der Waals surface area contributed by atoms with Gasteiger partial charge in [-0.25, -0.2) is 4.86 Å². The second-order valence-corrected chi connectivity index (χ2v) is 1.58. The monoisotopic (exact) mass is 105 g/mol. The van der Waals surface area contributed by atoms with Gasteiger partial charge in [-0.2, -0.15) is 11.7 Å². The lowest BCUT2D eigenvalue weighted by molar-refractivity contribution is -0.904. The van der Waals surface area contributed by atoms with Gasteiger partial charge in [-0.05, 0) is 6.42 Å². The lowest BCUT2D eigenvalue weighted by atomic mass is 10.5. The minimum atomic E-state index is -1.16. The zero-order valence-corrected chi connectivity index (χ0v) is 4.42. The smallest absolute Gasteiger partial charge is 0.114 e. The van der Waals surface area contributed by atoms with Crippen molar-refractivity contribution in [1.29, 1.82) is 0 Å². The molecule has 0 aliphatic heterocycles. The summed E-state index contributed by atoms with van der Waals surface area (Å²) < 4.78 is 0. The average Bonchev–Trinajstić information content (AvgIpc) is 1.30. The third-order valence-corrected chi connectivity index (χ3v) is 0.573. The maximum atomic E-state index is 10.2. The van der Waals surface area contributed by atoms with Gasteiger partial charge < -0.3 is 5.21 Å². The molecule has 0 aromatic rings. The highest BCUT2D eigenvalue weighted by Crippen LogP contribution is 1.83. The van der Waals surface area contributed by atoms with E-state index in [2.05, 4.69) is 0 Å². The molecular formula is C3H11N3O. The van der Waals surface area contributed by atoms with Crippen LogP contribution < -0.4 is 11.7 Å².